The number of carbonyl (C=O) groups excluding carboxylic acids is 1. The Kier molecular flexibility index (Phi) is 4.72. The Morgan fingerprint density at radius 2 is 2.14 bits per heavy atom. The van der Waals surface area contributed by atoms with Crippen molar-refractivity contribution in [1.82, 2.24) is 15.1 Å². The molecule has 0 atom stereocenters. The van der Waals surface area contributed by atoms with E-state index in [1.807, 2.05) is 0 Å². The molecule has 0 bridgehead atoms. The Bertz CT molecular complexity index is 801. The minimum absolute atomic E-state index is 0.00630. The van der Waals surface area contributed by atoms with Crippen molar-refractivity contribution in [1.29, 1.82) is 0 Å². The van der Waals surface area contributed by atoms with Gasteiger partial charge in [-0.05, 0) is 25.1 Å². The summed E-state index contributed by atoms with van der Waals surface area (Å²) in [6.07, 6.45) is 2.59. The number of anilines is 1. The molecule has 2 rings (SSSR count). The van der Waals surface area contributed by atoms with E-state index in [1.54, 1.807) is 14.0 Å². The standard InChI is InChI=1S/C13H15ClN4O3S/c1-3-15-13(19)11-6-9(14)4-5-12(11)17-22(20,21)10-7-16-18(2)8-10/h4-8,17H,3H2,1-2H3,(H,15,19). The summed E-state index contributed by atoms with van der Waals surface area (Å²) in [7, 11) is -2.22. The third-order valence-electron chi connectivity index (χ3n) is 2.80. The molecule has 22 heavy (non-hydrogen) atoms. The van der Waals surface area contributed by atoms with E-state index >= 15 is 0 Å². The fraction of sp³-hybridized carbons (Fsp3) is 0.231. The Morgan fingerprint density at radius 1 is 1.41 bits per heavy atom. The van der Waals surface area contributed by atoms with Crippen LogP contribution in [0.5, 0.6) is 0 Å². The van der Waals surface area contributed by atoms with Crippen LogP contribution < -0.4 is 10.0 Å². The molecule has 1 aromatic heterocycles. The quantitative estimate of drug-likeness (QED) is 0.863. The predicted molar refractivity (Wildman–Crippen MR) is 83.5 cm³/mol. The van der Waals surface area contributed by atoms with E-state index in [4.69, 9.17) is 11.6 Å². The van der Waals surface area contributed by atoms with Crippen LogP contribution in [0.1, 0.15) is 17.3 Å². The maximum absolute atomic E-state index is 12.3. The summed E-state index contributed by atoms with van der Waals surface area (Å²) in [5.41, 5.74) is 0.306. The normalized spacial score (nSPS) is 11.2. The molecule has 0 aliphatic rings. The maximum atomic E-state index is 12.3. The van der Waals surface area contributed by atoms with Gasteiger partial charge in [-0.25, -0.2) is 8.42 Å². The second kappa shape index (κ2) is 6.37. The van der Waals surface area contributed by atoms with Crippen molar-refractivity contribution in [3.63, 3.8) is 0 Å². The van der Waals surface area contributed by atoms with Gasteiger partial charge in [0.2, 0.25) is 0 Å². The Hall–Kier alpha value is -2.06. The van der Waals surface area contributed by atoms with E-state index in [1.165, 1.54) is 35.3 Å². The molecule has 118 valence electrons. The maximum Gasteiger partial charge on any atom is 0.265 e. The molecule has 0 radical (unpaired) electrons. The number of benzene rings is 1. The highest BCUT2D eigenvalue weighted by Gasteiger charge is 2.20. The summed E-state index contributed by atoms with van der Waals surface area (Å²) in [5.74, 6) is -0.408. The van der Waals surface area contributed by atoms with E-state index in [0.717, 1.165) is 0 Å². The van der Waals surface area contributed by atoms with Gasteiger partial charge >= 0.3 is 0 Å². The van der Waals surface area contributed by atoms with E-state index in [9.17, 15) is 13.2 Å². The van der Waals surface area contributed by atoms with E-state index < -0.39 is 15.9 Å². The number of carbonyl (C=O) groups is 1. The molecule has 0 fully saturated rings. The van der Waals surface area contributed by atoms with Crippen LogP contribution in [0.3, 0.4) is 0 Å². The van der Waals surface area contributed by atoms with Crippen molar-refractivity contribution in [3.05, 3.63) is 41.2 Å². The van der Waals surface area contributed by atoms with Crippen molar-refractivity contribution < 1.29 is 13.2 Å². The monoisotopic (exact) mass is 342 g/mol. The van der Waals surface area contributed by atoms with Crippen LogP contribution in [0.2, 0.25) is 5.02 Å². The molecule has 0 saturated heterocycles. The zero-order valence-electron chi connectivity index (χ0n) is 12.0. The lowest BCUT2D eigenvalue weighted by Gasteiger charge is -2.12. The van der Waals surface area contributed by atoms with Crippen LogP contribution in [-0.2, 0) is 17.1 Å². The molecular formula is C13H15ClN4O3S. The summed E-state index contributed by atoms with van der Waals surface area (Å²) < 4.78 is 28.4. The highest BCUT2D eigenvalue weighted by Crippen LogP contribution is 2.23. The second-order valence-electron chi connectivity index (χ2n) is 4.50. The molecule has 1 heterocycles. The zero-order valence-corrected chi connectivity index (χ0v) is 13.6. The first-order valence-corrected chi connectivity index (χ1v) is 8.29. The molecule has 1 amide bonds. The number of nitrogens with zero attached hydrogens (tertiary/aromatic N) is 2. The van der Waals surface area contributed by atoms with Gasteiger partial charge in [0, 0.05) is 24.8 Å². The first-order valence-electron chi connectivity index (χ1n) is 6.42. The van der Waals surface area contributed by atoms with Gasteiger partial charge in [0.25, 0.3) is 15.9 Å². The van der Waals surface area contributed by atoms with Crippen LogP contribution in [0.15, 0.2) is 35.5 Å². The minimum atomic E-state index is -3.83. The highest BCUT2D eigenvalue weighted by atomic mass is 35.5. The topological polar surface area (TPSA) is 93.1 Å². The molecular weight excluding hydrogens is 328 g/mol. The van der Waals surface area contributed by atoms with Crippen molar-refractivity contribution in [2.24, 2.45) is 7.05 Å². The van der Waals surface area contributed by atoms with Crippen LogP contribution in [-0.4, -0.2) is 30.7 Å². The lowest BCUT2D eigenvalue weighted by Crippen LogP contribution is -2.24. The fourth-order valence-electron chi connectivity index (χ4n) is 1.79. The number of nitrogens with one attached hydrogen (secondary N) is 2. The number of aryl methyl sites for hydroxylation is 1. The number of amides is 1. The van der Waals surface area contributed by atoms with Gasteiger partial charge in [-0.15, -0.1) is 0 Å². The lowest BCUT2D eigenvalue weighted by atomic mass is 10.1. The number of halogens is 1. The molecule has 0 saturated carbocycles. The molecule has 1 aromatic carbocycles. The van der Waals surface area contributed by atoms with E-state index in [0.29, 0.717) is 11.6 Å². The van der Waals surface area contributed by atoms with E-state index in [-0.39, 0.29) is 16.1 Å². The Morgan fingerprint density at radius 3 is 2.73 bits per heavy atom. The second-order valence-corrected chi connectivity index (χ2v) is 6.62. The number of hydrogen-bond donors (Lipinski definition) is 2. The SMILES string of the molecule is CCNC(=O)c1cc(Cl)ccc1NS(=O)(=O)c1cnn(C)c1. The van der Waals surface area contributed by atoms with Crippen molar-refractivity contribution in [2.75, 3.05) is 11.3 Å². The highest BCUT2D eigenvalue weighted by molar-refractivity contribution is 7.92. The van der Waals surface area contributed by atoms with Gasteiger partial charge in [-0.3, -0.25) is 14.2 Å². The van der Waals surface area contributed by atoms with Crippen LogP contribution in [0.4, 0.5) is 5.69 Å². The lowest BCUT2D eigenvalue weighted by molar-refractivity contribution is 0.0956. The first kappa shape index (κ1) is 16.3. The molecule has 9 heteroatoms. The molecule has 0 unspecified atom stereocenters. The van der Waals surface area contributed by atoms with Gasteiger partial charge in [0.05, 0.1) is 17.4 Å². The van der Waals surface area contributed by atoms with Crippen LogP contribution in [0, 0.1) is 0 Å². The summed E-state index contributed by atoms with van der Waals surface area (Å²) in [6.45, 7) is 2.18. The largest absolute Gasteiger partial charge is 0.352 e. The Balaban J connectivity index is 2.39. The summed E-state index contributed by atoms with van der Waals surface area (Å²) in [6, 6.07) is 4.36. The van der Waals surface area contributed by atoms with Crippen molar-refractivity contribution in [2.45, 2.75) is 11.8 Å². The predicted octanol–water partition coefficient (Wildman–Crippen LogP) is 1.62. The average Bonchev–Trinajstić information content (AvgIpc) is 2.88. The fourth-order valence-corrected chi connectivity index (χ4v) is 3.03. The van der Waals surface area contributed by atoms with Gasteiger partial charge in [-0.2, -0.15) is 5.10 Å². The third kappa shape index (κ3) is 3.58. The van der Waals surface area contributed by atoms with E-state index in [2.05, 4.69) is 15.1 Å². The molecule has 0 spiro atoms. The average molecular weight is 343 g/mol. The van der Waals surface area contributed by atoms with Crippen molar-refractivity contribution >= 4 is 33.2 Å². The number of aromatic nitrogens is 2. The molecule has 2 N–H and O–H groups in total. The number of sulfonamides is 1. The molecule has 0 aliphatic heterocycles. The van der Waals surface area contributed by atoms with Gasteiger partial charge in [0.1, 0.15) is 4.90 Å². The summed E-state index contributed by atoms with van der Waals surface area (Å²) in [5, 5.41) is 6.77. The zero-order chi connectivity index (χ0) is 16.3. The van der Waals surface area contributed by atoms with Gasteiger partial charge in [-0.1, -0.05) is 11.6 Å². The number of rotatable bonds is 5. The van der Waals surface area contributed by atoms with Gasteiger partial charge in [0.15, 0.2) is 0 Å². The van der Waals surface area contributed by atoms with Gasteiger partial charge < -0.3 is 5.32 Å². The Labute approximate surface area is 133 Å². The summed E-state index contributed by atoms with van der Waals surface area (Å²) >= 11 is 5.88. The minimum Gasteiger partial charge on any atom is -0.352 e. The smallest absolute Gasteiger partial charge is 0.265 e. The first-order chi connectivity index (χ1) is 10.3. The molecule has 2 aromatic rings. The molecule has 0 aliphatic carbocycles. The summed E-state index contributed by atoms with van der Waals surface area (Å²) in [4.78, 5) is 12.0. The van der Waals surface area contributed by atoms with Crippen molar-refractivity contribution in [3.8, 4) is 0 Å². The number of hydrogen-bond acceptors (Lipinski definition) is 4. The van der Waals surface area contributed by atoms with Crippen LogP contribution in [0.25, 0.3) is 0 Å². The van der Waals surface area contributed by atoms with Crippen LogP contribution >= 0.6 is 11.6 Å². The third-order valence-corrected chi connectivity index (χ3v) is 4.35. The molecule has 7 nitrogen and oxygen atoms in total.